The first-order valence-corrected chi connectivity index (χ1v) is 5.97. The SMILES string of the molecule is N=C(N)c1cnc2ccccc2c1-n1cc(Cl)cn1. The van der Waals surface area contributed by atoms with Crippen molar-refractivity contribution in [1.29, 1.82) is 5.41 Å². The fourth-order valence-electron chi connectivity index (χ4n) is 1.99. The van der Waals surface area contributed by atoms with Gasteiger partial charge in [-0.3, -0.25) is 10.4 Å². The Hall–Kier alpha value is -2.40. The summed E-state index contributed by atoms with van der Waals surface area (Å²) in [4.78, 5) is 4.30. The fraction of sp³-hybridized carbons (Fsp3) is 0. The number of nitrogens with zero attached hydrogens (tertiary/aromatic N) is 3. The highest BCUT2D eigenvalue weighted by molar-refractivity contribution is 6.30. The van der Waals surface area contributed by atoms with E-state index in [4.69, 9.17) is 22.7 Å². The molecule has 0 bridgehead atoms. The average molecular weight is 272 g/mol. The predicted molar refractivity (Wildman–Crippen MR) is 74.9 cm³/mol. The molecule has 1 aromatic carbocycles. The van der Waals surface area contributed by atoms with Crippen LogP contribution in [0.1, 0.15) is 5.56 Å². The van der Waals surface area contributed by atoms with E-state index >= 15 is 0 Å². The maximum absolute atomic E-state index is 7.67. The van der Waals surface area contributed by atoms with E-state index < -0.39 is 0 Å². The zero-order valence-corrected chi connectivity index (χ0v) is 10.6. The minimum atomic E-state index is -0.0557. The number of hydrogen-bond donors (Lipinski definition) is 2. The maximum atomic E-state index is 7.67. The van der Waals surface area contributed by atoms with Gasteiger partial charge in [0.05, 0.1) is 28.0 Å². The molecule has 0 spiro atoms. The number of nitrogens with two attached hydrogens (primary N) is 1. The summed E-state index contributed by atoms with van der Waals surface area (Å²) in [5, 5.41) is 13.2. The average Bonchev–Trinajstić information content (AvgIpc) is 2.83. The predicted octanol–water partition coefficient (Wildman–Crippen LogP) is 2.36. The van der Waals surface area contributed by atoms with Crippen LogP contribution in [0.15, 0.2) is 42.9 Å². The van der Waals surface area contributed by atoms with Gasteiger partial charge in [-0.15, -0.1) is 0 Å². The van der Waals surface area contributed by atoms with Gasteiger partial charge in [-0.05, 0) is 6.07 Å². The third-order valence-corrected chi connectivity index (χ3v) is 3.01. The molecule has 0 aliphatic heterocycles. The van der Waals surface area contributed by atoms with Crippen molar-refractivity contribution in [3.63, 3.8) is 0 Å². The summed E-state index contributed by atoms with van der Waals surface area (Å²) in [5.41, 5.74) is 7.67. The van der Waals surface area contributed by atoms with E-state index in [0.717, 1.165) is 10.9 Å². The quantitative estimate of drug-likeness (QED) is 0.554. The van der Waals surface area contributed by atoms with Crippen LogP contribution in [0.5, 0.6) is 0 Å². The molecule has 2 aromatic heterocycles. The van der Waals surface area contributed by atoms with E-state index in [2.05, 4.69) is 10.1 Å². The monoisotopic (exact) mass is 271 g/mol. The molecule has 0 radical (unpaired) electrons. The Labute approximate surface area is 114 Å². The number of aromatic nitrogens is 3. The van der Waals surface area contributed by atoms with Gasteiger partial charge in [0.25, 0.3) is 0 Å². The number of pyridine rings is 1. The molecule has 94 valence electrons. The number of para-hydroxylation sites is 1. The number of hydrogen-bond acceptors (Lipinski definition) is 3. The van der Waals surface area contributed by atoms with E-state index in [-0.39, 0.29) is 5.84 Å². The topological polar surface area (TPSA) is 80.6 Å². The van der Waals surface area contributed by atoms with Crippen molar-refractivity contribution >= 4 is 28.3 Å². The Morgan fingerprint density at radius 2 is 2.05 bits per heavy atom. The van der Waals surface area contributed by atoms with Gasteiger partial charge in [-0.1, -0.05) is 29.8 Å². The number of halogens is 1. The van der Waals surface area contributed by atoms with Crippen molar-refractivity contribution in [1.82, 2.24) is 14.8 Å². The second kappa shape index (κ2) is 4.37. The highest BCUT2D eigenvalue weighted by Gasteiger charge is 2.13. The van der Waals surface area contributed by atoms with E-state index in [1.54, 1.807) is 23.3 Å². The molecule has 6 heteroatoms. The third-order valence-electron chi connectivity index (χ3n) is 2.82. The lowest BCUT2D eigenvalue weighted by Crippen LogP contribution is -2.16. The standard InChI is InChI=1S/C13H10ClN5/c14-8-5-18-19(7-8)12-9-3-1-2-4-11(9)17-6-10(12)13(15)16/h1-7H,(H3,15,16). The van der Waals surface area contributed by atoms with Gasteiger partial charge in [-0.2, -0.15) is 5.10 Å². The summed E-state index contributed by atoms with van der Waals surface area (Å²) in [7, 11) is 0. The van der Waals surface area contributed by atoms with Crippen LogP contribution in [-0.2, 0) is 0 Å². The number of amidine groups is 1. The van der Waals surface area contributed by atoms with Gasteiger partial charge in [0.2, 0.25) is 0 Å². The van der Waals surface area contributed by atoms with Gasteiger partial charge in [0.1, 0.15) is 5.84 Å². The first-order chi connectivity index (χ1) is 9.16. The molecule has 19 heavy (non-hydrogen) atoms. The zero-order chi connectivity index (χ0) is 13.4. The van der Waals surface area contributed by atoms with Gasteiger partial charge in [0.15, 0.2) is 0 Å². The second-order valence-electron chi connectivity index (χ2n) is 4.05. The van der Waals surface area contributed by atoms with Crippen LogP contribution < -0.4 is 5.73 Å². The molecule has 0 unspecified atom stereocenters. The summed E-state index contributed by atoms with van der Waals surface area (Å²) in [6.07, 6.45) is 4.80. The second-order valence-corrected chi connectivity index (χ2v) is 4.49. The summed E-state index contributed by atoms with van der Waals surface area (Å²) in [5.74, 6) is -0.0557. The van der Waals surface area contributed by atoms with Crippen LogP contribution in [0.2, 0.25) is 5.02 Å². The first-order valence-electron chi connectivity index (χ1n) is 5.59. The Morgan fingerprint density at radius 3 is 2.74 bits per heavy atom. The van der Waals surface area contributed by atoms with E-state index in [0.29, 0.717) is 16.3 Å². The van der Waals surface area contributed by atoms with Gasteiger partial charge in [0, 0.05) is 17.8 Å². The molecular formula is C13H10ClN5. The van der Waals surface area contributed by atoms with Gasteiger partial charge in [-0.25, -0.2) is 4.68 Å². The maximum Gasteiger partial charge on any atom is 0.126 e. The molecule has 0 aliphatic carbocycles. The Bertz CT molecular complexity index is 778. The minimum absolute atomic E-state index is 0.0557. The Morgan fingerprint density at radius 1 is 1.26 bits per heavy atom. The zero-order valence-electron chi connectivity index (χ0n) is 9.84. The van der Waals surface area contributed by atoms with Crippen molar-refractivity contribution in [2.75, 3.05) is 0 Å². The Kier molecular flexibility index (Phi) is 2.68. The number of rotatable bonds is 2. The summed E-state index contributed by atoms with van der Waals surface area (Å²) >= 11 is 5.91. The van der Waals surface area contributed by atoms with Crippen molar-refractivity contribution in [2.45, 2.75) is 0 Å². The smallest absolute Gasteiger partial charge is 0.126 e. The summed E-state index contributed by atoms with van der Waals surface area (Å²) in [6, 6.07) is 7.62. The molecule has 5 nitrogen and oxygen atoms in total. The molecule has 0 atom stereocenters. The molecule has 2 heterocycles. The molecule has 0 amide bonds. The van der Waals surface area contributed by atoms with E-state index in [1.165, 1.54) is 0 Å². The Balaban J connectivity index is 2.41. The van der Waals surface area contributed by atoms with Crippen molar-refractivity contribution in [2.24, 2.45) is 5.73 Å². The molecular weight excluding hydrogens is 262 g/mol. The van der Waals surface area contributed by atoms with E-state index in [9.17, 15) is 0 Å². The lowest BCUT2D eigenvalue weighted by molar-refractivity contribution is 0.883. The largest absolute Gasteiger partial charge is 0.384 e. The fourth-order valence-corrected chi connectivity index (χ4v) is 2.13. The lowest BCUT2D eigenvalue weighted by Gasteiger charge is -2.11. The summed E-state index contributed by atoms with van der Waals surface area (Å²) < 4.78 is 1.61. The highest BCUT2D eigenvalue weighted by Crippen LogP contribution is 2.24. The molecule has 3 aromatic rings. The summed E-state index contributed by atoms with van der Waals surface area (Å²) in [6.45, 7) is 0. The molecule has 3 rings (SSSR count). The van der Waals surface area contributed by atoms with Crippen molar-refractivity contribution < 1.29 is 0 Å². The highest BCUT2D eigenvalue weighted by atomic mass is 35.5. The van der Waals surface area contributed by atoms with Gasteiger partial charge < -0.3 is 5.73 Å². The molecule has 0 fully saturated rings. The number of benzene rings is 1. The number of nitrogens with one attached hydrogen (secondary N) is 1. The van der Waals surface area contributed by atoms with Crippen LogP contribution in [-0.4, -0.2) is 20.6 Å². The van der Waals surface area contributed by atoms with Crippen molar-refractivity contribution in [3.05, 3.63) is 53.4 Å². The number of fused-ring (bicyclic) bond motifs is 1. The molecule has 0 aliphatic rings. The molecule has 3 N–H and O–H groups in total. The number of nitrogen functional groups attached to an aromatic ring is 1. The van der Waals surface area contributed by atoms with Crippen LogP contribution in [0.4, 0.5) is 0 Å². The van der Waals surface area contributed by atoms with Gasteiger partial charge >= 0.3 is 0 Å². The lowest BCUT2D eigenvalue weighted by atomic mass is 10.1. The van der Waals surface area contributed by atoms with Crippen LogP contribution in [0.25, 0.3) is 16.6 Å². The van der Waals surface area contributed by atoms with Crippen LogP contribution in [0, 0.1) is 5.41 Å². The van der Waals surface area contributed by atoms with Crippen LogP contribution >= 0.6 is 11.6 Å². The normalized spacial score (nSPS) is 10.8. The van der Waals surface area contributed by atoms with Crippen LogP contribution in [0.3, 0.4) is 0 Å². The van der Waals surface area contributed by atoms with E-state index in [1.807, 2.05) is 24.3 Å². The first kappa shape index (κ1) is 11.7. The third kappa shape index (κ3) is 1.94. The minimum Gasteiger partial charge on any atom is -0.384 e. The molecule has 0 saturated carbocycles. The molecule has 0 saturated heterocycles. The van der Waals surface area contributed by atoms with Crippen molar-refractivity contribution in [3.8, 4) is 5.69 Å².